The van der Waals surface area contributed by atoms with E-state index in [1.54, 1.807) is 25.1 Å². The molecule has 2 N–H and O–H groups in total. The van der Waals surface area contributed by atoms with E-state index in [2.05, 4.69) is 15.8 Å². The lowest BCUT2D eigenvalue weighted by molar-refractivity contribution is -0.133. The molecule has 0 fully saturated rings. The maximum Gasteiger partial charge on any atom is 0.245 e. The van der Waals surface area contributed by atoms with Gasteiger partial charge in [-0.25, -0.2) is 0 Å². The molecule has 9 heteroatoms. The first kappa shape index (κ1) is 19.0. The number of nitrogens with one attached hydrogen (secondary N) is 2. The van der Waals surface area contributed by atoms with Crippen molar-refractivity contribution >= 4 is 29.6 Å². The summed E-state index contributed by atoms with van der Waals surface area (Å²) in [5, 5.41) is 8.76. The molecule has 0 aliphatic carbocycles. The van der Waals surface area contributed by atoms with E-state index in [1.165, 1.54) is 30.4 Å². The largest absolute Gasteiger partial charge is 0.465 e. The number of amides is 3. The molecule has 0 aliphatic heterocycles. The highest BCUT2D eigenvalue weighted by atomic mass is 16.5. The number of carbonyl (C=O) groups excluding carboxylic acids is 3. The highest BCUT2D eigenvalue weighted by molar-refractivity contribution is 5.94. The summed E-state index contributed by atoms with van der Waals surface area (Å²) in [6.07, 6.45) is 4.43. The molecule has 2 aromatic heterocycles. The molecule has 0 aromatic carbocycles. The van der Waals surface area contributed by atoms with Crippen LogP contribution in [0.3, 0.4) is 0 Å². The van der Waals surface area contributed by atoms with Crippen molar-refractivity contribution in [3.63, 3.8) is 0 Å². The van der Waals surface area contributed by atoms with Gasteiger partial charge in [-0.05, 0) is 25.1 Å². The van der Waals surface area contributed by atoms with Gasteiger partial charge in [0.1, 0.15) is 11.5 Å². The van der Waals surface area contributed by atoms with Gasteiger partial charge in [0.05, 0.1) is 12.8 Å². The molecule has 2 rings (SSSR count). The summed E-state index contributed by atoms with van der Waals surface area (Å²) in [5.74, 6) is 0.428. The smallest absolute Gasteiger partial charge is 0.245 e. The molecule has 0 saturated heterocycles. The van der Waals surface area contributed by atoms with Crippen LogP contribution in [0, 0.1) is 6.92 Å². The molecule has 138 valence electrons. The van der Waals surface area contributed by atoms with Gasteiger partial charge in [0.25, 0.3) is 0 Å². The Hall–Kier alpha value is -3.36. The summed E-state index contributed by atoms with van der Waals surface area (Å²) in [7, 11) is 1.51. The van der Waals surface area contributed by atoms with Crippen molar-refractivity contribution < 1.29 is 23.3 Å². The van der Waals surface area contributed by atoms with Crippen molar-refractivity contribution in [2.75, 3.05) is 25.5 Å². The Kier molecular flexibility index (Phi) is 6.72. The highest BCUT2D eigenvalue weighted by Gasteiger charge is 2.14. The number of anilines is 1. The Balaban J connectivity index is 1.66. The van der Waals surface area contributed by atoms with Crippen molar-refractivity contribution in [3.8, 4) is 0 Å². The number of carbonyl (C=O) groups is 3. The minimum Gasteiger partial charge on any atom is -0.465 e. The molecule has 0 aliphatic rings. The van der Waals surface area contributed by atoms with Crippen LogP contribution >= 0.6 is 0 Å². The SMILES string of the molecule is Cc1cc(NC(=O)CN(C)C(=O)CCNC(=O)/C=C/c2ccco2)no1. The highest BCUT2D eigenvalue weighted by Crippen LogP contribution is 2.06. The molecular formula is C17H20N4O5. The predicted molar refractivity (Wildman–Crippen MR) is 92.9 cm³/mol. The molecule has 0 unspecified atom stereocenters. The van der Waals surface area contributed by atoms with Crippen molar-refractivity contribution in [1.82, 2.24) is 15.4 Å². The van der Waals surface area contributed by atoms with Crippen LogP contribution in [0.5, 0.6) is 0 Å². The molecule has 0 saturated carbocycles. The van der Waals surface area contributed by atoms with Crippen LogP contribution in [0.4, 0.5) is 5.82 Å². The molecule has 0 spiro atoms. The lowest BCUT2D eigenvalue weighted by atomic mass is 10.3. The van der Waals surface area contributed by atoms with Crippen LogP contribution in [-0.4, -0.2) is 47.9 Å². The summed E-state index contributed by atoms with van der Waals surface area (Å²) in [5.41, 5.74) is 0. The van der Waals surface area contributed by atoms with E-state index in [0.717, 1.165) is 0 Å². The topological polar surface area (TPSA) is 118 Å². The predicted octanol–water partition coefficient (Wildman–Crippen LogP) is 1.19. The first-order valence-electron chi connectivity index (χ1n) is 7.90. The maximum atomic E-state index is 12.0. The van der Waals surface area contributed by atoms with E-state index in [4.69, 9.17) is 8.94 Å². The van der Waals surface area contributed by atoms with Crippen LogP contribution in [-0.2, 0) is 14.4 Å². The fourth-order valence-electron chi connectivity index (χ4n) is 2.00. The second-order valence-corrected chi connectivity index (χ2v) is 5.51. The van der Waals surface area contributed by atoms with Gasteiger partial charge in [-0.3, -0.25) is 14.4 Å². The monoisotopic (exact) mass is 360 g/mol. The van der Waals surface area contributed by atoms with Crippen LogP contribution in [0.1, 0.15) is 17.9 Å². The van der Waals surface area contributed by atoms with Crippen LogP contribution < -0.4 is 10.6 Å². The number of furan rings is 1. The van der Waals surface area contributed by atoms with Crippen molar-refractivity contribution in [1.29, 1.82) is 0 Å². The Labute approximate surface area is 150 Å². The summed E-state index contributed by atoms with van der Waals surface area (Å²) in [6, 6.07) is 5.01. The van der Waals surface area contributed by atoms with E-state index in [1.807, 2.05) is 0 Å². The van der Waals surface area contributed by atoms with E-state index in [9.17, 15) is 14.4 Å². The Morgan fingerprint density at radius 3 is 2.81 bits per heavy atom. The number of rotatable bonds is 8. The molecular weight excluding hydrogens is 340 g/mol. The average molecular weight is 360 g/mol. The normalized spacial score (nSPS) is 10.7. The third-order valence-electron chi connectivity index (χ3n) is 3.28. The lowest BCUT2D eigenvalue weighted by Gasteiger charge is -2.16. The zero-order valence-electron chi connectivity index (χ0n) is 14.5. The summed E-state index contributed by atoms with van der Waals surface area (Å²) in [6.45, 7) is 1.74. The summed E-state index contributed by atoms with van der Waals surface area (Å²) in [4.78, 5) is 36.7. The zero-order chi connectivity index (χ0) is 18.9. The molecule has 0 bridgehead atoms. The summed E-state index contributed by atoms with van der Waals surface area (Å²) < 4.78 is 9.90. The second kappa shape index (κ2) is 9.21. The van der Waals surface area contributed by atoms with Crippen molar-refractivity contribution in [2.45, 2.75) is 13.3 Å². The molecule has 3 amide bonds. The van der Waals surface area contributed by atoms with E-state index < -0.39 is 0 Å². The van der Waals surface area contributed by atoms with Crippen LogP contribution in [0.2, 0.25) is 0 Å². The lowest BCUT2D eigenvalue weighted by Crippen LogP contribution is -2.36. The second-order valence-electron chi connectivity index (χ2n) is 5.51. The number of likely N-dealkylation sites (N-methyl/N-ethyl adjacent to an activating group) is 1. The number of aromatic nitrogens is 1. The average Bonchev–Trinajstić information content (AvgIpc) is 3.24. The molecule has 2 heterocycles. The minimum absolute atomic E-state index is 0.0766. The van der Waals surface area contributed by atoms with E-state index >= 15 is 0 Å². The van der Waals surface area contributed by atoms with E-state index in [-0.39, 0.29) is 37.2 Å². The van der Waals surface area contributed by atoms with Gasteiger partial charge in [0, 0.05) is 32.2 Å². The fraction of sp³-hybridized carbons (Fsp3) is 0.294. The number of nitrogens with zero attached hydrogens (tertiary/aromatic N) is 2. The standard InChI is InChI=1S/C17H20N4O5/c1-12-10-14(20-26-12)19-16(23)11-21(2)17(24)7-8-18-15(22)6-5-13-4-3-9-25-13/h3-6,9-10H,7-8,11H2,1-2H3,(H,18,22)(H,19,20,23)/b6-5+. The molecule has 0 radical (unpaired) electrons. The first-order valence-corrected chi connectivity index (χ1v) is 7.90. The van der Waals surface area contributed by atoms with Crippen molar-refractivity contribution in [2.24, 2.45) is 0 Å². The third-order valence-corrected chi connectivity index (χ3v) is 3.28. The quantitative estimate of drug-likeness (QED) is 0.683. The van der Waals surface area contributed by atoms with Gasteiger partial charge in [-0.2, -0.15) is 0 Å². The minimum atomic E-state index is -0.389. The van der Waals surface area contributed by atoms with Gasteiger partial charge >= 0.3 is 0 Å². The number of aryl methyl sites for hydroxylation is 1. The number of hydrogen-bond acceptors (Lipinski definition) is 6. The van der Waals surface area contributed by atoms with Gasteiger partial charge in [0.15, 0.2) is 5.82 Å². The first-order chi connectivity index (χ1) is 12.4. The van der Waals surface area contributed by atoms with Crippen molar-refractivity contribution in [3.05, 3.63) is 42.1 Å². The van der Waals surface area contributed by atoms with Crippen LogP contribution in [0.15, 0.2) is 39.5 Å². The van der Waals surface area contributed by atoms with E-state index in [0.29, 0.717) is 17.3 Å². The molecule has 26 heavy (non-hydrogen) atoms. The Bertz CT molecular complexity index is 779. The zero-order valence-corrected chi connectivity index (χ0v) is 14.5. The van der Waals surface area contributed by atoms with Crippen LogP contribution in [0.25, 0.3) is 6.08 Å². The molecule has 9 nitrogen and oxygen atoms in total. The van der Waals surface area contributed by atoms with Gasteiger partial charge in [-0.15, -0.1) is 0 Å². The van der Waals surface area contributed by atoms with Gasteiger partial charge < -0.3 is 24.5 Å². The maximum absolute atomic E-state index is 12.0. The van der Waals surface area contributed by atoms with Gasteiger partial charge in [0.2, 0.25) is 17.7 Å². The Morgan fingerprint density at radius 1 is 1.35 bits per heavy atom. The molecule has 2 aromatic rings. The Morgan fingerprint density at radius 2 is 2.15 bits per heavy atom. The summed E-state index contributed by atoms with van der Waals surface area (Å²) >= 11 is 0. The number of hydrogen-bond donors (Lipinski definition) is 2. The molecule has 0 atom stereocenters. The van der Waals surface area contributed by atoms with Gasteiger partial charge in [-0.1, -0.05) is 5.16 Å². The fourth-order valence-corrected chi connectivity index (χ4v) is 2.00. The third kappa shape index (κ3) is 6.27.